The number of carbonyl (C=O) groups excluding carboxylic acids is 4. The first-order valence-electron chi connectivity index (χ1n) is 17.5. The predicted octanol–water partition coefficient (Wildman–Crippen LogP) is 4.43. The zero-order valence-electron chi connectivity index (χ0n) is 33.4. The average molecular weight is 783 g/mol. The van der Waals surface area contributed by atoms with Gasteiger partial charge in [0.15, 0.2) is 16.6 Å². The molecule has 16 heteroatoms. The monoisotopic (exact) mass is 782 g/mol. The smallest absolute Gasteiger partial charge is 0.256 e. The number of imide groups is 2. The molecule has 294 valence electrons. The van der Waals surface area contributed by atoms with E-state index in [9.17, 15) is 29.4 Å². The van der Waals surface area contributed by atoms with Crippen LogP contribution in [0.1, 0.15) is 82.1 Å². The highest BCUT2D eigenvalue weighted by Gasteiger charge is 2.43. The van der Waals surface area contributed by atoms with Crippen LogP contribution >= 0.6 is 21.6 Å². The van der Waals surface area contributed by atoms with Crippen LogP contribution < -0.4 is 21.3 Å². The van der Waals surface area contributed by atoms with E-state index in [1.54, 1.807) is 49.3 Å². The van der Waals surface area contributed by atoms with Gasteiger partial charge in [0.1, 0.15) is 12.2 Å². The molecule has 0 unspecified atom stereocenters. The van der Waals surface area contributed by atoms with Crippen molar-refractivity contribution in [3.63, 3.8) is 0 Å². The van der Waals surface area contributed by atoms with E-state index in [0.717, 1.165) is 11.5 Å². The summed E-state index contributed by atoms with van der Waals surface area (Å²) in [6.07, 6.45) is -2.52. The summed E-state index contributed by atoms with van der Waals surface area (Å²) in [6.45, 7) is 30.9. The predicted molar refractivity (Wildman–Crippen MR) is 212 cm³/mol. The Bertz CT molecular complexity index is 1010. The van der Waals surface area contributed by atoms with Crippen LogP contribution in [0.25, 0.3) is 0 Å². The zero-order valence-corrected chi connectivity index (χ0v) is 37.0. The molecule has 0 saturated carbocycles. The highest BCUT2D eigenvalue weighted by Crippen LogP contribution is 2.39. The third-order valence-corrected chi connectivity index (χ3v) is 21.0. The molecule has 0 bridgehead atoms. The zero-order chi connectivity index (χ0) is 39.2. The van der Waals surface area contributed by atoms with Crippen LogP contribution in [0.3, 0.4) is 0 Å². The van der Waals surface area contributed by atoms with Crippen molar-refractivity contribution in [2.45, 2.75) is 131 Å². The molecular formula is C34H70N4O8S2Si2. The second-order valence-corrected chi connectivity index (χ2v) is 29.7. The van der Waals surface area contributed by atoms with E-state index in [4.69, 9.17) is 8.85 Å². The topological polar surface area (TPSA) is 175 Å². The number of aliphatic hydroxyl groups is 2. The van der Waals surface area contributed by atoms with Crippen molar-refractivity contribution in [3.8, 4) is 0 Å². The first-order valence-corrected chi connectivity index (χ1v) is 25.9. The summed E-state index contributed by atoms with van der Waals surface area (Å²) >= 11 is 0. The van der Waals surface area contributed by atoms with Gasteiger partial charge in [-0.15, -0.1) is 0 Å². The average Bonchev–Trinajstić information content (AvgIpc) is 2.97. The maximum absolute atomic E-state index is 12.5. The Balaban J connectivity index is 4.10. The van der Waals surface area contributed by atoms with Crippen molar-refractivity contribution < 1.29 is 38.2 Å². The highest BCUT2D eigenvalue weighted by molar-refractivity contribution is 8.76. The second kappa shape index (κ2) is 21.2. The minimum Gasteiger partial charge on any atom is -0.416 e. The van der Waals surface area contributed by atoms with Gasteiger partial charge in [-0.1, -0.05) is 90.8 Å². The minimum absolute atomic E-state index is 0.00570. The van der Waals surface area contributed by atoms with Gasteiger partial charge in [-0.05, 0) is 36.3 Å². The van der Waals surface area contributed by atoms with Gasteiger partial charge in [-0.3, -0.25) is 29.8 Å². The fraction of sp³-hybridized carbons (Fsp3) is 0.882. The Kier molecular flexibility index (Phi) is 20.8. The molecule has 0 aromatic rings. The lowest BCUT2D eigenvalue weighted by molar-refractivity contribution is -0.142. The number of nitrogens with one attached hydrogen (secondary N) is 4. The summed E-state index contributed by atoms with van der Waals surface area (Å²) in [5, 5.41) is 32.2. The van der Waals surface area contributed by atoms with Gasteiger partial charge < -0.3 is 29.7 Å². The molecule has 0 rings (SSSR count). The molecule has 12 nitrogen and oxygen atoms in total. The van der Waals surface area contributed by atoms with Crippen LogP contribution in [0.5, 0.6) is 0 Å². The molecule has 0 aromatic heterocycles. The van der Waals surface area contributed by atoms with E-state index >= 15 is 0 Å². The molecule has 0 aromatic carbocycles. The molecule has 0 fully saturated rings. The van der Waals surface area contributed by atoms with E-state index in [2.05, 4.69) is 89.0 Å². The van der Waals surface area contributed by atoms with Crippen molar-refractivity contribution in [1.29, 1.82) is 0 Å². The normalized spacial score (nSPS) is 14.6. The van der Waals surface area contributed by atoms with Crippen molar-refractivity contribution in [2.75, 3.05) is 50.9 Å². The van der Waals surface area contributed by atoms with Crippen LogP contribution in [0.15, 0.2) is 0 Å². The Morgan fingerprint density at radius 2 is 0.880 bits per heavy atom. The van der Waals surface area contributed by atoms with Gasteiger partial charge in [-0.2, -0.15) is 0 Å². The number of amides is 4. The minimum atomic E-state index is -2.05. The summed E-state index contributed by atoms with van der Waals surface area (Å²) in [5.74, 6) is -0.682. The fourth-order valence-corrected chi connectivity index (χ4v) is 7.80. The number of rotatable bonds is 23. The van der Waals surface area contributed by atoms with Gasteiger partial charge in [0, 0.05) is 74.6 Å². The molecule has 0 heterocycles. The van der Waals surface area contributed by atoms with E-state index < -0.39 is 63.3 Å². The Morgan fingerprint density at radius 3 is 1.16 bits per heavy atom. The van der Waals surface area contributed by atoms with Crippen LogP contribution in [-0.4, -0.2) is 114 Å². The Labute approximate surface area is 312 Å². The Morgan fingerprint density at radius 1 is 0.580 bits per heavy atom. The first kappa shape index (κ1) is 49.2. The number of hydrogen-bond donors (Lipinski definition) is 6. The van der Waals surface area contributed by atoms with Crippen molar-refractivity contribution >= 4 is 61.9 Å². The molecule has 0 spiro atoms. The molecule has 0 radical (unpaired) electrons. The van der Waals surface area contributed by atoms with E-state index in [1.165, 1.54) is 0 Å². The maximum Gasteiger partial charge on any atom is 0.256 e. The molecular weight excluding hydrogens is 713 g/mol. The number of hydrogen-bond acceptors (Lipinski definition) is 12. The van der Waals surface area contributed by atoms with Crippen molar-refractivity contribution in [3.05, 3.63) is 0 Å². The molecule has 4 amide bonds. The summed E-state index contributed by atoms with van der Waals surface area (Å²) < 4.78 is 12.4. The van der Waals surface area contributed by atoms with Gasteiger partial charge in [0.25, 0.3) is 11.8 Å². The largest absolute Gasteiger partial charge is 0.416 e. The highest BCUT2D eigenvalue weighted by atomic mass is 33.1. The standard InChI is InChI=1S/C34H70N4O8S2Si2/c1-31(2,3)49(11,12)45-23-33(7,8)27(41)29(43)37-25(39)15-17-35-19-21-47-48-22-20-36-18-16-26(40)38-30(44)28(42)34(9,10)24-46-50(13,14)32(4,5)6/h27-28,35-36,41-42H,15-24H2,1-14H3,(H,37,39,43)(H,38,40,44)/t27-,28-/m0/s1. The van der Waals surface area contributed by atoms with Gasteiger partial charge in [0.2, 0.25) is 11.8 Å². The Hall–Kier alpha value is -0.826. The summed E-state index contributed by atoms with van der Waals surface area (Å²) in [7, 11) is -0.741. The molecule has 6 N–H and O–H groups in total. The van der Waals surface area contributed by atoms with Gasteiger partial charge in [-0.25, -0.2) is 0 Å². The lowest BCUT2D eigenvalue weighted by Crippen LogP contribution is -2.50. The first-order chi connectivity index (χ1) is 22.6. The van der Waals surface area contributed by atoms with Crippen LogP contribution in [0, 0.1) is 10.8 Å². The van der Waals surface area contributed by atoms with Crippen LogP contribution in [0.4, 0.5) is 0 Å². The third-order valence-electron chi connectivity index (χ3n) is 9.59. The van der Waals surface area contributed by atoms with Gasteiger partial charge in [0.05, 0.1) is 0 Å². The fourth-order valence-electron chi connectivity index (χ4n) is 3.57. The third kappa shape index (κ3) is 18.3. The SMILES string of the molecule is CC(C)(CO[Si](C)(C)C(C)(C)C)[C@@H](O)C(=O)NC(=O)CCNCCSSCCNCCC(=O)NC(=O)[C@H](O)C(C)(C)CO[Si](C)(C)C(C)(C)C. The summed E-state index contributed by atoms with van der Waals surface area (Å²) in [5.41, 5.74) is -1.69. The molecule has 0 saturated heterocycles. The molecule has 0 aliphatic heterocycles. The molecule has 0 aliphatic carbocycles. The van der Waals surface area contributed by atoms with Crippen LogP contribution in [-0.2, 0) is 28.0 Å². The second-order valence-electron chi connectivity index (χ2n) is 17.3. The molecule has 2 atom stereocenters. The lowest BCUT2D eigenvalue weighted by Gasteiger charge is -2.39. The van der Waals surface area contributed by atoms with Gasteiger partial charge >= 0.3 is 0 Å². The molecule has 50 heavy (non-hydrogen) atoms. The van der Waals surface area contributed by atoms with Crippen LogP contribution in [0.2, 0.25) is 36.3 Å². The van der Waals surface area contributed by atoms with E-state index in [1.807, 2.05) is 0 Å². The van der Waals surface area contributed by atoms with Crippen molar-refractivity contribution in [2.24, 2.45) is 10.8 Å². The number of carbonyl (C=O) groups is 4. The van der Waals surface area contributed by atoms with E-state index in [-0.39, 0.29) is 36.1 Å². The maximum atomic E-state index is 12.5. The quantitative estimate of drug-likeness (QED) is 0.0490. The van der Waals surface area contributed by atoms with E-state index in [0.29, 0.717) is 26.2 Å². The number of aliphatic hydroxyl groups excluding tert-OH is 2. The summed E-state index contributed by atoms with van der Waals surface area (Å²) in [6, 6.07) is 0. The van der Waals surface area contributed by atoms with Crippen molar-refractivity contribution in [1.82, 2.24) is 21.3 Å². The molecule has 0 aliphatic rings. The lowest BCUT2D eigenvalue weighted by atomic mass is 9.87. The summed E-state index contributed by atoms with van der Waals surface area (Å²) in [4.78, 5) is 49.6.